The van der Waals surface area contributed by atoms with Crippen molar-refractivity contribution in [3.8, 4) is 6.07 Å². The fourth-order valence-electron chi connectivity index (χ4n) is 1.44. The van der Waals surface area contributed by atoms with Crippen molar-refractivity contribution in [2.75, 3.05) is 19.8 Å². The molecule has 0 aliphatic carbocycles. The topological polar surface area (TPSA) is 114 Å². The van der Waals surface area contributed by atoms with Gasteiger partial charge >= 0.3 is 11.9 Å². The molecule has 7 nitrogen and oxygen atoms in total. The summed E-state index contributed by atoms with van der Waals surface area (Å²) in [5, 5.41) is 11.9. The lowest BCUT2D eigenvalue weighted by Gasteiger charge is -2.10. The third-order valence-corrected chi connectivity index (χ3v) is 2.54. The molecular weight excluding hydrogens is 286 g/mol. The van der Waals surface area contributed by atoms with Gasteiger partial charge in [0.05, 0.1) is 13.2 Å². The Hall–Kier alpha value is -2.49. The Morgan fingerprint density at radius 3 is 2.27 bits per heavy atom. The molecule has 0 aromatic heterocycles. The van der Waals surface area contributed by atoms with E-state index >= 15 is 0 Å². The Bertz CT molecular complexity index is 490. The predicted molar refractivity (Wildman–Crippen MR) is 81.1 cm³/mol. The molecule has 0 amide bonds. The van der Waals surface area contributed by atoms with E-state index in [4.69, 9.17) is 20.5 Å². The molecule has 0 aromatic carbocycles. The number of esters is 2. The quantitative estimate of drug-likeness (QED) is 0.216. The first-order valence-electron chi connectivity index (χ1n) is 7.21. The molecule has 0 aliphatic rings. The first-order chi connectivity index (χ1) is 10.5. The van der Waals surface area contributed by atoms with E-state index in [2.05, 4.69) is 5.32 Å². The van der Waals surface area contributed by atoms with E-state index in [0.29, 0.717) is 6.54 Å². The summed E-state index contributed by atoms with van der Waals surface area (Å²) < 4.78 is 9.64. The molecule has 0 aromatic rings. The average Bonchev–Trinajstić information content (AvgIpc) is 2.48. The summed E-state index contributed by atoms with van der Waals surface area (Å²) in [6.45, 7) is 6.13. The summed E-state index contributed by atoms with van der Waals surface area (Å²) >= 11 is 0. The highest BCUT2D eigenvalue weighted by Crippen LogP contribution is 2.09. The van der Waals surface area contributed by atoms with Gasteiger partial charge in [0.25, 0.3) is 0 Å². The molecule has 22 heavy (non-hydrogen) atoms. The van der Waals surface area contributed by atoms with Crippen molar-refractivity contribution in [3.63, 3.8) is 0 Å². The minimum atomic E-state index is -0.812. The Morgan fingerprint density at radius 1 is 1.18 bits per heavy atom. The van der Waals surface area contributed by atoms with Crippen molar-refractivity contribution in [3.05, 3.63) is 23.0 Å². The number of carbonyl (C=O) groups excluding carboxylic acids is 2. The van der Waals surface area contributed by atoms with Gasteiger partial charge in [-0.1, -0.05) is 13.3 Å². The zero-order valence-electron chi connectivity index (χ0n) is 13.3. The van der Waals surface area contributed by atoms with Crippen molar-refractivity contribution in [1.29, 1.82) is 5.26 Å². The van der Waals surface area contributed by atoms with Crippen LogP contribution in [0.25, 0.3) is 0 Å². The fraction of sp³-hybridized carbons (Fsp3) is 0.533. The third-order valence-electron chi connectivity index (χ3n) is 2.54. The van der Waals surface area contributed by atoms with E-state index in [1.165, 1.54) is 0 Å². The van der Waals surface area contributed by atoms with E-state index < -0.39 is 11.9 Å². The summed E-state index contributed by atoms with van der Waals surface area (Å²) in [6, 6.07) is 1.70. The number of unbranched alkanes of at least 4 members (excludes halogenated alkanes) is 1. The Balaban J connectivity index is 5.47. The number of nitrogens with two attached hydrogens (primary N) is 1. The zero-order chi connectivity index (χ0) is 17.0. The maximum Gasteiger partial charge on any atom is 0.348 e. The van der Waals surface area contributed by atoms with Crippen molar-refractivity contribution in [1.82, 2.24) is 5.32 Å². The van der Waals surface area contributed by atoms with Crippen molar-refractivity contribution in [2.45, 2.75) is 33.6 Å². The van der Waals surface area contributed by atoms with Crippen molar-refractivity contribution < 1.29 is 19.1 Å². The SMILES string of the molecule is CCCCN/C(N)=C(\C=C(/C#N)C(=O)OCC)C(=O)OCC. The average molecular weight is 309 g/mol. The summed E-state index contributed by atoms with van der Waals surface area (Å²) in [5.41, 5.74) is 5.45. The maximum absolute atomic E-state index is 11.9. The number of nitrogens with zero attached hydrogens (tertiary/aromatic N) is 1. The molecule has 0 atom stereocenters. The van der Waals surface area contributed by atoms with Gasteiger partial charge in [0.15, 0.2) is 0 Å². The molecule has 122 valence electrons. The zero-order valence-corrected chi connectivity index (χ0v) is 13.3. The van der Waals surface area contributed by atoms with E-state index in [-0.39, 0.29) is 30.2 Å². The standard InChI is InChI=1S/C15H23N3O4/c1-4-7-8-18-13(17)12(15(20)22-6-3)9-11(10-16)14(19)21-5-2/h9,18H,4-8,17H2,1-3H3/b11-9+,13-12+. The smallest absolute Gasteiger partial charge is 0.348 e. The van der Waals surface area contributed by atoms with Crippen LogP contribution < -0.4 is 11.1 Å². The molecule has 0 aliphatic heterocycles. The molecule has 0 spiro atoms. The van der Waals surface area contributed by atoms with Crippen LogP contribution in [0.4, 0.5) is 0 Å². The molecule has 0 heterocycles. The van der Waals surface area contributed by atoms with Gasteiger partial charge in [0.2, 0.25) is 0 Å². The highest BCUT2D eigenvalue weighted by molar-refractivity contribution is 5.98. The summed E-state index contributed by atoms with van der Waals surface area (Å²) in [4.78, 5) is 23.6. The third kappa shape index (κ3) is 6.79. The first kappa shape index (κ1) is 19.5. The van der Waals surface area contributed by atoms with Crippen LogP contribution >= 0.6 is 0 Å². The van der Waals surface area contributed by atoms with Crippen LogP contribution in [0.5, 0.6) is 0 Å². The number of hydrogen-bond acceptors (Lipinski definition) is 7. The largest absolute Gasteiger partial charge is 0.462 e. The molecule has 0 saturated heterocycles. The minimum Gasteiger partial charge on any atom is -0.462 e. The lowest BCUT2D eigenvalue weighted by molar-refractivity contribution is -0.138. The fourth-order valence-corrected chi connectivity index (χ4v) is 1.44. The second kappa shape index (κ2) is 11.2. The highest BCUT2D eigenvalue weighted by Gasteiger charge is 2.18. The van der Waals surface area contributed by atoms with Gasteiger partial charge in [-0.15, -0.1) is 0 Å². The Morgan fingerprint density at radius 2 is 1.77 bits per heavy atom. The lowest BCUT2D eigenvalue weighted by atomic mass is 10.1. The van der Waals surface area contributed by atoms with Gasteiger partial charge < -0.3 is 20.5 Å². The number of ether oxygens (including phenoxy) is 2. The van der Waals surface area contributed by atoms with Crippen LogP contribution in [0.2, 0.25) is 0 Å². The monoisotopic (exact) mass is 309 g/mol. The number of nitrogens with one attached hydrogen (secondary N) is 1. The second-order valence-electron chi connectivity index (χ2n) is 4.22. The van der Waals surface area contributed by atoms with Gasteiger partial charge in [-0.05, 0) is 26.3 Å². The van der Waals surface area contributed by atoms with Crippen molar-refractivity contribution in [2.24, 2.45) is 5.73 Å². The number of hydrogen-bond donors (Lipinski definition) is 2. The van der Waals surface area contributed by atoms with Gasteiger partial charge in [0, 0.05) is 6.54 Å². The van der Waals surface area contributed by atoms with Crippen molar-refractivity contribution >= 4 is 11.9 Å². The van der Waals surface area contributed by atoms with Gasteiger partial charge in [-0.25, -0.2) is 9.59 Å². The molecule has 7 heteroatoms. The van der Waals surface area contributed by atoms with Gasteiger partial charge in [-0.2, -0.15) is 5.26 Å². The predicted octanol–water partition coefficient (Wildman–Crippen LogP) is 1.12. The van der Waals surface area contributed by atoms with Gasteiger partial charge in [0.1, 0.15) is 23.0 Å². The van der Waals surface area contributed by atoms with E-state index in [1.807, 2.05) is 6.92 Å². The molecule has 0 radical (unpaired) electrons. The number of carbonyl (C=O) groups is 2. The molecular formula is C15H23N3O4. The number of nitriles is 1. The van der Waals surface area contributed by atoms with Gasteiger partial charge in [-0.3, -0.25) is 0 Å². The van der Waals surface area contributed by atoms with E-state index in [9.17, 15) is 9.59 Å². The Labute approximate surface area is 130 Å². The molecule has 0 rings (SSSR count). The maximum atomic E-state index is 11.9. The van der Waals surface area contributed by atoms with E-state index in [0.717, 1.165) is 18.9 Å². The Kier molecular flexibility index (Phi) is 9.93. The lowest BCUT2D eigenvalue weighted by Crippen LogP contribution is -2.26. The molecule has 0 bridgehead atoms. The van der Waals surface area contributed by atoms with Crippen LogP contribution in [0.3, 0.4) is 0 Å². The van der Waals surface area contributed by atoms with Crippen LogP contribution in [-0.2, 0) is 19.1 Å². The van der Waals surface area contributed by atoms with Crippen LogP contribution in [-0.4, -0.2) is 31.7 Å². The molecule has 0 fully saturated rings. The molecule has 0 saturated carbocycles. The molecule has 3 N–H and O–H groups in total. The normalized spacial score (nSPS) is 12.0. The summed E-state index contributed by atoms with van der Waals surface area (Å²) in [5.74, 6) is -1.46. The number of rotatable bonds is 9. The van der Waals surface area contributed by atoms with Crippen LogP contribution in [0, 0.1) is 11.3 Å². The molecule has 0 unspecified atom stereocenters. The minimum absolute atomic E-state index is 0.0592. The van der Waals surface area contributed by atoms with Crippen LogP contribution in [0.15, 0.2) is 23.0 Å². The first-order valence-corrected chi connectivity index (χ1v) is 7.21. The van der Waals surface area contributed by atoms with E-state index in [1.54, 1.807) is 19.9 Å². The highest BCUT2D eigenvalue weighted by atomic mass is 16.5. The van der Waals surface area contributed by atoms with Crippen LogP contribution in [0.1, 0.15) is 33.6 Å². The summed E-state index contributed by atoms with van der Waals surface area (Å²) in [6.07, 6.45) is 2.91. The summed E-state index contributed by atoms with van der Waals surface area (Å²) in [7, 11) is 0. The second-order valence-corrected chi connectivity index (χ2v) is 4.22.